The van der Waals surface area contributed by atoms with Crippen molar-refractivity contribution in [2.24, 2.45) is 11.5 Å². The van der Waals surface area contributed by atoms with Gasteiger partial charge in [-0.3, -0.25) is 0 Å². The maximum absolute atomic E-state index is 12.1. The topological polar surface area (TPSA) is 86.2 Å². The molecule has 0 bridgehead atoms. The highest BCUT2D eigenvalue weighted by molar-refractivity contribution is 7.92. The molecule has 0 unspecified atom stereocenters. The molecule has 6 heteroatoms. The van der Waals surface area contributed by atoms with Crippen LogP contribution in [0.5, 0.6) is 0 Å². The first-order valence-electron chi connectivity index (χ1n) is 4.88. The monoisotopic (exact) mass is 260 g/mol. The van der Waals surface area contributed by atoms with Crippen molar-refractivity contribution in [3.8, 4) is 0 Å². The molecule has 1 aliphatic carbocycles. The van der Waals surface area contributed by atoms with Gasteiger partial charge >= 0.3 is 0 Å². The van der Waals surface area contributed by atoms with Crippen LogP contribution in [0, 0.1) is 0 Å². The Bertz CT molecular complexity index is 500. The third-order valence-electron chi connectivity index (χ3n) is 2.94. The van der Waals surface area contributed by atoms with E-state index in [1.165, 1.54) is 12.1 Å². The lowest BCUT2D eigenvalue weighted by atomic mass is 10.3. The summed E-state index contributed by atoms with van der Waals surface area (Å²) < 4.78 is 24.2. The highest BCUT2D eigenvalue weighted by Crippen LogP contribution is 2.41. The predicted octanol–water partition coefficient (Wildman–Crippen LogP) is 0.542. The van der Waals surface area contributed by atoms with Gasteiger partial charge in [-0.2, -0.15) is 0 Å². The molecule has 16 heavy (non-hydrogen) atoms. The SMILES string of the molecule is NC[C@]1(N)C[C@H]1S(=O)(=O)c1ccc(Cl)cc1. The Balaban J connectivity index is 2.31. The van der Waals surface area contributed by atoms with Crippen LogP contribution >= 0.6 is 11.6 Å². The minimum atomic E-state index is -3.37. The number of hydrogen-bond acceptors (Lipinski definition) is 4. The van der Waals surface area contributed by atoms with Crippen molar-refractivity contribution in [3.63, 3.8) is 0 Å². The lowest BCUT2D eigenvalue weighted by molar-refractivity contribution is 0.586. The second-order valence-corrected chi connectivity index (χ2v) is 6.70. The first-order valence-corrected chi connectivity index (χ1v) is 6.81. The van der Waals surface area contributed by atoms with E-state index in [4.69, 9.17) is 23.1 Å². The molecule has 0 aliphatic heterocycles. The fourth-order valence-corrected chi connectivity index (χ4v) is 3.92. The fourth-order valence-electron chi connectivity index (χ4n) is 1.71. The van der Waals surface area contributed by atoms with Crippen LogP contribution in [0.1, 0.15) is 6.42 Å². The van der Waals surface area contributed by atoms with E-state index in [0.717, 1.165) is 0 Å². The van der Waals surface area contributed by atoms with Gasteiger partial charge in [-0.05, 0) is 30.7 Å². The summed E-state index contributed by atoms with van der Waals surface area (Å²) in [5, 5.41) is -0.0567. The predicted molar refractivity (Wildman–Crippen MR) is 63.0 cm³/mol. The van der Waals surface area contributed by atoms with Crippen LogP contribution in [0.2, 0.25) is 5.02 Å². The van der Waals surface area contributed by atoms with Crippen molar-refractivity contribution in [1.82, 2.24) is 0 Å². The van der Waals surface area contributed by atoms with Crippen molar-refractivity contribution in [1.29, 1.82) is 0 Å². The molecule has 4 N–H and O–H groups in total. The first-order chi connectivity index (χ1) is 7.40. The van der Waals surface area contributed by atoms with Gasteiger partial charge < -0.3 is 11.5 Å². The summed E-state index contributed by atoms with van der Waals surface area (Å²) in [4.78, 5) is 0.252. The molecule has 0 saturated heterocycles. The van der Waals surface area contributed by atoms with Gasteiger partial charge in [0.1, 0.15) is 0 Å². The van der Waals surface area contributed by atoms with Gasteiger partial charge in [-0.25, -0.2) is 8.42 Å². The molecule has 1 saturated carbocycles. The van der Waals surface area contributed by atoms with Gasteiger partial charge in [0.2, 0.25) is 0 Å². The summed E-state index contributed by atoms with van der Waals surface area (Å²) in [5.74, 6) is 0. The minimum absolute atomic E-state index is 0.185. The Morgan fingerprint density at radius 2 is 1.94 bits per heavy atom. The molecule has 4 nitrogen and oxygen atoms in total. The van der Waals surface area contributed by atoms with Crippen molar-refractivity contribution in [2.45, 2.75) is 22.1 Å². The summed E-state index contributed by atoms with van der Waals surface area (Å²) >= 11 is 5.70. The Morgan fingerprint density at radius 1 is 1.38 bits per heavy atom. The third-order valence-corrected chi connectivity index (χ3v) is 5.51. The molecule has 0 aromatic heterocycles. The second kappa shape index (κ2) is 3.70. The van der Waals surface area contributed by atoms with Crippen molar-refractivity contribution < 1.29 is 8.42 Å². The summed E-state index contributed by atoms with van der Waals surface area (Å²) in [6, 6.07) is 6.09. The van der Waals surface area contributed by atoms with Gasteiger partial charge in [-0.15, -0.1) is 0 Å². The molecule has 1 aromatic rings. The van der Waals surface area contributed by atoms with E-state index in [9.17, 15) is 8.42 Å². The summed E-state index contributed by atoms with van der Waals surface area (Å²) in [6.07, 6.45) is 0.425. The zero-order valence-corrected chi connectivity index (χ0v) is 10.1. The van der Waals surface area contributed by atoms with Crippen molar-refractivity contribution in [3.05, 3.63) is 29.3 Å². The molecule has 0 heterocycles. The van der Waals surface area contributed by atoms with E-state index < -0.39 is 20.6 Å². The average Bonchev–Trinajstić information content (AvgIpc) is 2.93. The number of hydrogen-bond donors (Lipinski definition) is 2. The molecule has 2 rings (SSSR count). The maximum Gasteiger partial charge on any atom is 0.183 e. The smallest absolute Gasteiger partial charge is 0.183 e. The fraction of sp³-hybridized carbons (Fsp3) is 0.400. The van der Waals surface area contributed by atoms with E-state index in [1.807, 2.05) is 0 Å². The number of nitrogens with two attached hydrogens (primary N) is 2. The largest absolute Gasteiger partial charge is 0.329 e. The third kappa shape index (κ3) is 1.84. The Kier molecular flexibility index (Phi) is 2.74. The summed E-state index contributed by atoms with van der Waals surface area (Å²) in [6.45, 7) is 0.185. The minimum Gasteiger partial charge on any atom is -0.329 e. The number of sulfone groups is 1. The molecule has 88 valence electrons. The zero-order valence-electron chi connectivity index (χ0n) is 8.56. The van der Waals surface area contributed by atoms with Gasteiger partial charge in [-0.1, -0.05) is 11.6 Å². The average molecular weight is 261 g/mol. The van der Waals surface area contributed by atoms with Gasteiger partial charge in [0.05, 0.1) is 10.1 Å². The summed E-state index contributed by atoms with van der Waals surface area (Å²) in [5.41, 5.74) is 10.5. The number of rotatable bonds is 3. The van der Waals surface area contributed by atoms with E-state index in [-0.39, 0.29) is 11.4 Å². The van der Waals surface area contributed by atoms with Crippen LogP contribution in [-0.2, 0) is 9.84 Å². The molecule has 0 spiro atoms. The van der Waals surface area contributed by atoms with Crippen LogP contribution in [0.3, 0.4) is 0 Å². The van der Waals surface area contributed by atoms with Crippen molar-refractivity contribution in [2.75, 3.05) is 6.54 Å². The van der Waals surface area contributed by atoms with Crippen LogP contribution in [0.4, 0.5) is 0 Å². The van der Waals surface area contributed by atoms with E-state index in [2.05, 4.69) is 0 Å². The zero-order chi connectivity index (χ0) is 12.0. The molecule has 1 aliphatic rings. The molecular weight excluding hydrogens is 248 g/mol. The number of benzene rings is 1. The maximum atomic E-state index is 12.1. The Labute approximate surface area is 99.5 Å². The molecular formula is C10H13ClN2O2S. The molecule has 1 aromatic carbocycles. The van der Waals surface area contributed by atoms with Gasteiger partial charge in [0, 0.05) is 17.1 Å². The normalized spacial score (nSPS) is 29.1. The highest BCUT2D eigenvalue weighted by atomic mass is 35.5. The van der Waals surface area contributed by atoms with E-state index in [0.29, 0.717) is 11.4 Å². The molecule has 1 fully saturated rings. The van der Waals surface area contributed by atoms with Crippen LogP contribution in [-0.4, -0.2) is 25.8 Å². The van der Waals surface area contributed by atoms with E-state index >= 15 is 0 Å². The quantitative estimate of drug-likeness (QED) is 0.831. The highest BCUT2D eigenvalue weighted by Gasteiger charge is 2.58. The summed E-state index contributed by atoms with van der Waals surface area (Å²) in [7, 11) is -3.37. The van der Waals surface area contributed by atoms with Crippen LogP contribution in [0.15, 0.2) is 29.2 Å². The van der Waals surface area contributed by atoms with Gasteiger partial charge in [0.15, 0.2) is 9.84 Å². The second-order valence-electron chi connectivity index (χ2n) is 4.13. The van der Waals surface area contributed by atoms with Gasteiger partial charge in [0.25, 0.3) is 0 Å². The lowest BCUT2D eigenvalue weighted by Gasteiger charge is -2.08. The van der Waals surface area contributed by atoms with Crippen molar-refractivity contribution >= 4 is 21.4 Å². The molecule has 0 radical (unpaired) electrons. The molecule has 0 amide bonds. The molecule has 2 atom stereocenters. The van der Waals surface area contributed by atoms with E-state index in [1.54, 1.807) is 12.1 Å². The number of halogens is 1. The van der Waals surface area contributed by atoms with Crippen LogP contribution in [0.25, 0.3) is 0 Å². The first kappa shape index (κ1) is 11.9. The lowest BCUT2D eigenvalue weighted by Crippen LogP contribution is -2.38. The standard InChI is InChI=1S/C10H13ClN2O2S/c11-7-1-3-8(4-2-7)16(14,15)9-5-10(9,13)6-12/h1-4,9H,5-6,12-13H2/t9-,10-/m1/s1. The van der Waals surface area contributed by atoms with Crippen LogP contribution < -0.4 is 11.5 Å². The Morgan fingerprint density at radius 3 is 2.38 bits per heavy atom. The Hall–Kier alpha value is -0.620.